The lowest BCUT2D eigenvalue weighted by Crippen LogP contribution is -2.27. The molecule has 0 saturated heterocycles. The minimum atomic E-state index is -0.312. The first-order valence-corrected chi connectivity index (χ1v) is 10.9. The van der Waals surface area contributed by atoms with E-state index in [-0.39, 0.29) is 17.1 Å². The van der Waals surface area contributed by atoms with Crippen LogP contribution in [0.2, 0.25) is 5.02 Å². The highest BCUT2D eigenvalue weighted by molar-refractivity contribution is 8.00. The van der Waals surface area contributed by atoms with Crippen LogP contribution in [0.4, 0.5) is 5.69 Å². The van der Waals surface area contributed by atoms with Crippen LogP contribution in [-0.4, -0.2) is 22.8 Å². The van der Waals surface area contributed by atoms with E-state index >= 15 is 0 Å². The van der Waals surface area contributed by atoms with E-state index in [1.54, 1.807) is 36.4 Å². The molecule has 0 bridgehead atoms. The number of nitrogens with one attached hydrogen (secondary N) is 2. The molecule has 0 aliphatic carbocycles. The average molecular weight is 452 g/mol. The Labute approximate surface area is 190 Å². The number of rotatable bonds is 7. The predicted octanol–water partition coefficient (Wildman–Crippen LogP) is 5.61. The summed E-state index contributed by atoms with van der Waals surface area (Å²) in [5, 5.41) is 7.41. The predicted molar refractivity (Wildman–Crippen MR) is 128 cm³/mol. The zero-order valence-electron chi connectivity index (χ0n) is 17.1. The maximum Gasteiger partial charge on any atom is 0.255 e. The molecule has 0 spiro atoms. The molecule has 0 fully saturated rings. The van der Waals surface area contributed by atoms with E-state index in [1.807, 2.05) is 56.3 Å². The maximum absolute atomic E-state index is 12.3. The molecule has 1 atom stereocenters. The zero-order chi connectivity index (χ0) is 22.2. The van der Waals surface area contributed by atoms with Gasteiger partial charge in [0.05, 0.1) is 11.0 Å². The summed E-state index contributed by atoms with van der Waals surface area (Å²) >= 11 is 7.32. The molecule has 3 rings (SSSR count). The Morgan fingerprint density at radius 3 is 2.19 bits per heavy atom. The molecule has 158 valence electrons. The molecule has 5 nitrogen and oxygen atoms in total. The van der Waals surface area contributed by atoms with E-state index in [1.165, 1.54) is 11.8 Å². The Bertz CT molecular complexity index is 1070. The molecule has 0 unspecified atom stereocenters. The molecule has 0 heterocycles. The highest BCUT2D eigenvalue weighted by atomic mass is 35.5. The molecule has 2 amide bonds. The van der Waals surface area contributed by atoms with Crippen molar-refractivity contribution in [3.05, 3.63) is 95.0 Å². The van der Waals surface area contributed by atoms with E-state index in [4.69, 9.17) is 11.6 Å². The number of carbonyl (C=O) groups excluding carboxylic acids is 2. The Morgan fingerprint density at radius 2 is 1.55 bits per heavy atom. The molecular weight excluding hydrogens is 430 g/mol. The van der Waals surface area contributed by atoms with Crippen LogP contribution < -0.4 is 10.7 Å². The zero-order valence-corrected chi connectivity index (χ0v) is 18.7. The Hall–Kier alpha value is -3.09. The molecule has 0 aromatic heterocycles. The van der Waals surface area contributed by atoms with Crippen molar-refractivity contribution in [3.63, 3.8) is 0 Å². The van der Waals surface area contributed by atoms with Gasteiger partial charge in [-0.05, 0) is 67.9 Å². The third kappa shape index (κ3) is 6.70. The number of benzene rings is 3. The summed E-state index contributed by atoms with van der Waals surface area (Å²) < 4.78 is 0. The summed E-state index contributed by atoms with van der Waals surface area (Å²) in [6.07, 6.45) is 0. The number of amides is 2. The van der Waals surface area contributed by atoms with Gasteiger partial charge in [-0.25, -0.2) is 5.43 Å². The average Bonchev–Trinajstić information content (AvgIpc) is 2.79. The molecule has 3 aromatic carbocycles. The van der Waals surface area contributed by atoms with Gasteiger partial charge in [-0.2, -0.15) is 5.10 Å². The van der Waals surface area contributed by atoms with Gasteiger partial charge in [-0.1, -0.05) is 41.9 Å². The molecule has 0 saturated carbocycles. The lowest BCUT2D eigenvalue weighted by atomic mass is 10.1. The summed E-state index contributed by atoms with van der Waals surface area (Å²) in [6.45, 7) is 3.64. The van der Waals surface area contributed by atoms with Gasteiger partial charge in [-0.15, -0.1) is 11.8 Å². The van der Waals surface area contributed by atoms with Crippen LogP contribution in [-0.2, 0) is 4.79 Å². The Kier molecular flexibility index (Phi) is 7.87. The molecule has 7 heteroatoms. The SMILES string of the molecule is C/C(=N/NC(=O)[C@@H](C)Sc1ccc(Cl)cc1)c1ccc(NC(=O)c2ccccc2)cc1. The highest BCUT2D eigenvalue weighted by Crippen LogP contribution is 2.24. The van der Waals surface area contributed by atoms with Crippen LogP contribution in [0.5, 0.6) is 0 Å². The molecule has 0 aliphatic rings. The Balaban J connectivity index is 1.55. The lowest BCUT2D eigenvalue weighted by Gasteiger charge is -2.10. The second kappa shape index (κ2) is 10.8. The third-order valence-corrected chi connectivity index (χ3v) is 5.79. The van der Waals surface area contributed by atoms with Crippen molar-refractivity contribution >= 4 is 46.6 Å². The van der Waals surface area contributed by atoms with Crippen LogP contribution in [0.25, 0.3) is 0 Å². The van der Waals surface area contributed by atoms with Crippen LogP contribution >= 0.6 is 23.4 Å². The smallest absolute Gasteiger partial charge is 0.255 e. The topological polar surface area (TPSA) is 70.6 Å². The second-order valence-corrected chi connectivity index (χ2v) is 8.64. The van der Waals surface area contributed by atoms with Gasteiger partial charge in [0.25, 0.3) is 11.8 Å². The number of nitrogens with zero attached hydrogens (tertiary/aromatic N) is 1. The van der Waals surface area contributed by atoms with Gasteiger partial charge < -0.3 is 5.32 Å². The monoisotopic (exact) mass is 451 g/mol. The number of anilines is 1. The number of hydrogen-bond acceptors (Lipinski definition) is 4. The van der Waals surface area contributed by atoms with Crippen molar-refractivity contribution in [2.75, 3.05) is 5.32 Å². The Morgan fingerprint density at radius 1 is 0.903 bits per heavy atom. The van der Waals surface area contributed by atoms with Crippen molar-refractivity contribution in [2.24, 2.45) is 5.10 Å². The number of halogens is 1. The van der Waals surface area contributed by atoms with E-state index in [0.717, 1.165) is 10.5 Å². The normalized spacial score (nSPS) is 12.2. The van der Waals surface area contributed by atoms with Crippen molar-refractivity contribution in [1.29, 1.82) is 0 Å². The van der Waals surface area contributed by atoms with Crippen molar-refractivity contribution in [1.82, 2.24) is 5.43 Å². The molecule has 31 heavy (non-hydrogen) atoms. The van der Waals surface area contributed by atoms with Gasteiger partial charge in [0, 0.05) is 21.2 Å². The molecular formula is C24H22ClN3O2S. The van der Waals surface area contributed by atoms with E-state index in [2.05, 4.69) is 15.8 Å². The van der Waals surface area contributed by atoms with Gasteiger partial charge in [0.15, 0.2) is 0 Å². The first-order valence-electron chi connectivity index (χ1n) is 9.65. The van der Waals surface area contributed by atoms with E-state index in [0.29, 0.717) is 22.0 Å². The van der Waals surface area contributed by atoms with Crippen molar-refractivity contribution in [2.45, 2.75) is 24.0 Å². The largest absolute Gasteiger partial charge is 0.322 e. The van der Waals surface area contributed by atoms with Gasteiger partial charge >= 0.3 is 0 Å². The first-order chi connectivity index (χ1) is 14.9. The molecule has 3 aromatic rings. The standard InChI is InChI=1S/C24H22ClN3O2S/c1-16(27-28-23(29)17(2)31-22-14-10-20(25)11-15-22)18-8-12-21(13-9-18)26-24(30)19-6-4-3-5-7-19/h3-15,17H,1-2H3,(H,26,30)(H,28,29)/b27-16-/t17-/m1/s1. The summed E-state index contributed by atoms with van der Waals surface area (Å²) in [5.41, 5.74) is 5.40. The van der Waals surface area contributed by atoms with E-state index < -0.39 is 0 Å². The highest BCUT2D eigenvalue weighted by Gasteiger charge is 2.14. The lowest BCUT2D eigenvalue weighted by molar-refractivity contribution is -0.120. The fourth-order valence-corrected chi connectivity index (χ4v) is 3.64. The van der Waals surface area contributed by atoms with E-state index in [9.17, 15) is 9.59 Å². The quantitative estimate of drug-likeness (QED) is 0.278. The van der Waals surface area contributed by atoms with Gasteiger partial charge in [0.1, 0.15) is 0 Å². The summed E-state index contributed by atoms with van der Waals surface area (Å²) in [5.74, 6) is -0.357. The minimum absolute atomic E-state index is 0.168. The third-order valence-electron chi connectivity index (χ3n) is 4.43. The van der Waals surface area contributed by atoms with Gasteiger partial charge in [0.2, 0.25) is 0 Å². The fraction of sp³-hybridized carbons (Fsp3) is 0.125. The minimum Gasteiger partial charge on any atom is -0.322 e. The van der Waals surface area contributed by atoms with Crippen LogP contribution in [0, 0.1) is 0 Å². The number of hydrogen-bond donors (Lipinski definition) is 2. The number of thioether (sulfide) groups is 1. The van der Waals surface area contributed by atoms with Crippen LogP contribution in [0.1, 0.15) is 29.8 Å². The summed E-state index contributed by atoms with van der Waals surface area (Å²) in [7, 11) is 0. The van der Waals surface area contributed by atoms with Crippen molar-refractivity contribution in [3.8, 4) is 0 Å². The van der Waals surface area contributed by atoms with Crippen LogP contribution in [0.3, 0.4) is 0 Å². The summed E-state index contributed by atoms with van der Waals surface area (Å²) in [6, 6.07) is 23.7. The van der Waals surface area contributed by atoms with Gasteiger partial charge in [-0.3, -0.25) is 9.59 Å². The number of hydrazone groups is 1. The summed E-state index contributed by atoms with van der Waals surface area (Å²) in [4.78, 5) is 25.5. The fourth-order valence-electron chi connectivity index (χ4n) is 2.65. The maximum atomic E-state index is 12.3. The molecule has 2 N–H and O–H groups in total. The molecule has 0 aliphatic heterocycles. The number of carbonyl (C=O) groups is 2. The second-order valence-electron chi connectivity index (χ2n) is 6.78. The van der Waals surface area contributed by atoms with Crippen molar-refractivity contribution < 1.29 is 9.59 Å². The first kappa shape index (κ1) is 22.6. The molecule has 0 radical (unpaired) electrons. The van der Waals surface area contributed by atoms with Crippen LogP contribution in [0.15, 0.2) is 88.9 Å².